The molecule has 3 heteroatoms. The molecular weight excluding hydrogens is 332 g/mol. The molecule has 3 aromatic rings. The molecule has 0 radical (unpaired) electrons. The standard InChI is InChI=1S/C22H19ClO2/c1-16(19-14-8-9-15-20(19)23)22(24)25-21(17-10-4-2-5-11-17)18-12-6-3-7-13-18/h2-16,21H,1H3/t16-/m1/s1. The summed E-state index contributed by atoms with van der Waals surface area (Å²) in [6, 6.07) is 26.9. The van der Waals surface area contributed by atoms with Crippen molar-refractivity contribution in [2.24, 2.45) is 0 Å². The van der Waals surface area contributed by atoms with Crippen LogP contribution in [0.4, 0.5) is 0 Å². The van der Waals surface area contributed by atoms with Crippen molar-refractivity contribution in [1.29, 1.82) is 0 Å². The van der Waals surface area contributed by atoms with E-state index in [2.05, 4.69) is 0 Å². The highest BCUT2D eigenvalue weighted by Crippen LogP contribution is 2.30. The summed E-state index contributed by atoms with van der Waals surface area (Å²) >= 11 is 6.23. The quantitative estimate of drug-likeness (QED) is 0.545. The Labute approximate surface area is 153 Å². The zero-order valence-corrected chi connectivity index (χ0v) is 14.7. The third-order valence-corrected chi connectivity index (χ3v) is 4.51. The first-order valence-corrected chi connectivity index (χ1v) is 8.59. The second-order valence-corrected chi connectivity index (χ2v) is 6.29. The van der Waals surface area contributed by atoms with Crippen molar-refractivity contribution >= 4 is 17.6 Å². The van der Waals surface area contributed by atoms with Crippen LogP contribution in [0.2, 0.25) is 5.02 Å². The fraction of sp³-hybridized carbons (Fsp3) is 0.136. The molecule has 0 spiro atoms. The van der Waals surface area contributed by atoms with Crippen LogP contribution in [0.15, 0.2) is 84.9 Å². The molecule has 2 nitrogen and oxygen atoms in total. The largest absolute Gasteiger partial charge is 0.452 e. The van der Waals surface area contributed by atoms with E-state index in [1.165, 1.54) is 0 Å². The first-order chi connectivity index (χ1) is 12.2. The number of rotatable bonds is 5. The zero-order valence-electron chi connectivity index (χ0n) is 13.9. The molecule has 0 N–H and O–H groups in total. The van der Waals surface area contributed by atoms with Crippen molar-refractivity contribution in [3.8, 4) is 0 Å². The number of carbonyl (C=O) groups is 1. The molecule has 0 unspecified atom stereocenters. The number of benzene rings is 3. The monoisotopic (exact) mass is 350 g/mol. The second-order valence-electron chi connectivity index (χ2n) is 5.88. The maximum absolute atomic E-state index is 12.8. The highest BCUT2D eigenvalue weighted by atomic mass is 35.5. The van der Waals surface area contributed by atoms with E-state index in [1.807, 2.05) is 85.8 Å². The van der Waals surface area contributed by atoms with Gasteiger partial charge in [-0.05, 0) is 29.7 Å². The van der Waals surface area contributed by atoms with Gasteiger partial charge in [-0.3, -0.25) is 4.79 Å². The first-order valence-electron chi connectivity index (χ1n) is 8.21. The minimum atomic E-state index is -0.445. The molecule has 3 aromatic carbocycles. The average molecular weight is 351 g/mol. The van der Waals surface area contributed by atoms with Crippen molar-refractivity contribution in [3.05, 3.63) is 107 Å². The Hall–Kier alpha value is -2.58. The molecular formula is C22H19ClO2. The molecule has 0 heterocycles. The van der Waals surface area contributed by atoms with E-state index in [-0.39, 0.29) is 5.97 Å². The van der Waals surface area contributed by atoms with Crippen LogP contribution in [0.5, 0.6) is 0 Å². The zero-order chi connectivity index (χ0) is 17.6. The molecule has 3 rings (SSSR count). The summed E-state index contributed by atoms with van der Waals surface area (Å²) in [5.41, 5.74) is 2.65. The molecule has 126 valence electrons. The summed E-state index contributed by atoms with van der Waals surface area (Å²) < 4.78 is 5.90. The number of hydrogen-bond acceptors (Lipinski definition) is 2. The maximum atomic E-state index is 12.8. The topological polar surface area (TPSA) is 26.3 Å². The lowest BCUT2D eigenvalue weighted by Crippen LogP contribution is -2.18. The lowest BCUT2D eigenvalue weighted by atomic mass is 9.99. The van der Waals surface area contributed by atoms with Gasteiger partial charge in [0.1, 0.15) is 0 Å². The SMILES string of the molecule is C[C@@H](C(=O)OC(c1ccccc1)c1ccccc1)c1ccccc1Cl. The fourth-order valence-electron chi connectivity index (χ4n) is 2.76. The van der Waals surface area contributed by atoms with Gasteiger partial charge in [0.15, 0.2) is 6.10 Å². The molecule has 1 atom stereocenters. The number of halogens is 1. The molecule has 0 aliphatic heterocycles. The van der Waals surface area contributed by atoms with Gasteiger partial charge >= 0.3 is 5.97 Å². The predicted molar refractivity (Wildman–Crippen MR) is 101 cm³/mol. The Balaban J connectivity index is 1.88. The number of hydrogen-bond donors (Lipinski definition) is 0. The van der Waals surface area contributed by atoms with Crippen LogP contribution in [0.25, 0.3) is 0 Å². The Kier molecular flexibility index (Phi) is 5.52. The van der Waals surface area contributed by atoms with Gasteiger partial charge in [-0.25, -0.2) is 0 Å². The fourth-order valence-corrected chi connectivity index (χ4v) is 3.06. The van der Waals surface area contributed by atoms with Gasteiger partial charge in [0.25, 0.3) is 0 Å². The van der Waals surface area contributed by atoms with Gasteiger partial charge in [-0.15, -0.1) is 0 Å². The molecule has 0 aliphatic carbocycles. The normalized spacial score (nSPS) is 12.0. The van der Waals surface area contributed by atoms with Gasteiger partial charge in [0.2, 0.25) is 0 Å². The predicted octanol–water partition coefficient (Wildman–Crippen LogP) is 5.78. The minimum Gasteiger partial charge on any atom is -0.452 e. The van der Waals surface area contributed by atoms with Gasteiger partial charge in [0, 0.05) is 5.02 Å². The first kappa shape index (κ1) is 17.2. The van der Waals surface area contributed by atoms with E-state index < -0.39 is 12.0 Å². The van der Waals surface area contributed by atoms with Gasteiger partial charge < -0.3 is 4.74 Å². The molecule has 0 bridgehead atoms. The van der Waals surface area contributed by atoms with E-state index in [0.29, 0.717) is 5.02 Å². The summed E-state index contributed by atoms with van der Waals surface area (Å²) in [5, 5.41) is 0.572. The molecule has 0 fully saturated rings. The lowest BCUT2D eigenvalue weighted by molar-refractivity contribution is -0.149. The van der Waals surface area contributed by atoms with Crippen molar-refractivity contribution in [2.45, 2.75) is 18.9 Å². The summed E-state index contributed by atoms with van der Waals surface area (Å²) in [5.74, 6) is -0.741. The van der Waals surface area contributed by atoms with Crippen molar-refractivity contribution < 1.29 is 9.53 Å². The average Bonchev–Trinajstić information content (AvgIpc) is 2.67. The Bertz CT molecular complexity index is 791. The van der Waals surface area contributed by atoms with Crippen molar-refractivity contribution in [3.63, 3.8) is 0 Å². The van der Waals surface area contributed by atoms with Crippen LogP contribution in [-0.2, 0) is 9.53 Å². The Morgan fingerprint density at radius 1 is 0.800 bits per heavy atom. The van der Waals surface area contributed by atoms with Crippen LogP contribution >= 0.6 is 11.6 Å². The van der Waals surface area contributed by atoms with E-state index in [9.17, 15) is 4.79 Å². The van der Waals surface area contributed by atoms with Crippen LogP contribution < -0.4 is 0 Å². The van der Waals surface area contributed by atoms with E-state index in [4.69, 9.17) is 16.3 Å². The number of ether oxygens (including phenoxy) is 1. The summed E-state index contributed by atoms with van der Waals surface area (Å²) in [6.45, 7) is 1.82. The number of carbonyl (C=O) groups excluding carboxylic acids is 1. The summed E-state index contributed by atoms with van der Waals surface area (Å²) in [6.07, 6.45) is -0.445. The Morgan fingerprint density at radius 2 is 1.28 bits per heavy atom. The molecule has 25 heavy (non-hydrogen) atoms. The molecule has 0 aromatic heterocycles. The van der Waals surface area contributed by atoms with Crippen molar-refractivity contribution in [1.82, 2.24) is 0 Å². The van der Waals surface area contributed by atoms with Crippen LogP contribution in [0, 0.1) is 0 Å². The van der Waals surface area contributed by atoms with Crippen molar-refractivity contribution in [2.75, 3.05) is 0 Å². The van der Waals surface area contributed by atoms with Gasteiger partial charge in [0.05, 0.1) is 5.92 Å². The molecule has 0 saturated carbocycles. The maximum Gasteiger partial charge on any atom is 0.314 e. The van der Waals surface area contributed by atoms with E-state index >= 15 is 0 Å². The summed E-state index contributed by atoms with van der Waals surface area (Å²) in [7, 11) is 0. The molecule has 0 aliphatic rings. The van der Waals surface area contributed by atoms with E-state index in [0.717, 1.165) is 16.7 Å². The van der Waals surface area contributed by atoms with Crippen LogP contribution in [0.1, 0.15) is 35.6 Å². The van der Waals surface area contributed by atoms with Gasteiger partial charge in [-0.2, -0.15) is 0 Å². The van der Waals surface area contributed by atoms with E-state index in [1.54, 1.807) is 6.07 Å². The van der Waals surface area contributed by atoms with Gasteiger partial charge in [-0.1, -0.05) is 90.5 Å². The molecule has 0 saturated heterocycles. The lowest BCUT2D eigenvalue weighted by Gasteiger charge is -2.21. The highest BCUT2D eigenvalue weighted by molar-refractivity contribution is 6.31. The minimum absolute atomic E-state index is 0.300. The third-order valence-electron chi connectivity index (χ3n) is 4.16. The smallest absolute Gasteiger partial charge is 0.314 e. The highest BCUT2D eigenvalue weighted by Gasteiger charge is 2.24. The number of esters is 1. The molecule has 0 amide bonds. The second kappa shape index (κ2) is 8.00. The van der Waals surface area contributed by atoms with Crippen LogP contribution in [0.3, 0.4) is 0 Å². The van der Waals surface area contributed by atoms with Crippen LogP contribution in [-0.4, -0.2) is 5.97 Å². The Morgan fingerprint density at radius 3 is 1.80 bits per heavy atom. The summed E-state index contributed by atoms with van der Waals surface area (Å²) in [4.78, 5) is 12.8. The third kappa shape index (κ3) is 4.09.